The third-order valence-corrected chi connectivity index (χ3v) is 6.51. The van der Waals surface area contributed by atoms with E-state index in [9.17, 15) is 4.79 Å². The Morgan fingerprint density at radius 1 is 1.20 bits per heavy atom. The van der Waals surface area contributed by atoms with Crippen molar-refractivity contribution in [1.29, 1.82) is 0 Å². The number of carbonyl (C=O) groups excluding carboxylic acids is 1. The van der Waals surface area contributed by atoms with Crippen LogP contribution < -0.4 is 5.32 Å². The summed E-state index contributed by atoms with van der Waals surface area (Å²) in [7, 11) is 0. The van der Waals surface area contributed by atoms with Crippen LogP contribution in [0.1, 0.15) is 11.1 Å². The normalized spacial score (nSPS) is 10.7. The summed E-state index contributed by atoms with van der Waals surface area (Å²) >= 11 is 6.49. The summed E-state index contributed by atoms with van der Waals surface area (Å²) in [6.07, 6.45) is 0. The minimum Gasteiger partial charge on any atom is -0.325 e. The van der Waals surface area contributed by atoms with Crippen molar-refractivity contribution in [2.45, 2.75) is 18.2 Å². The fraction of sp³-hybridized carbons (Fsp3) is 0.158. The van der Waals surface area contributed by atoms with E-state index in [1.807, 2.05) is 30.5 Å². The van der Waals surface area contributed by atoms with E-state index >= 15 is 0 Å². The monoisotopic (exact) mass is 432 g/mol. The molecule has 0 aliphatic heterocycles. The topological polar surface area (TPSA) is 42.0 Å². The summed E-state index contributed by atoms with van der Waals surface area (Å²) in [5, 5.41) is 4.95. The molecule has 3 rings (SSSR count). The summed E-state index contributed by atoms with van der Waals surface area (Å²) in [6.45, 7) is 4.06. The number of benzene rings is 2. The number of carbonyl (C=O) groups is 1. The Morgan fingerprint density at radius 2 is 1.96 bits per heavy atom. The Hall–Kier alpha value is -1.63. The standard InChI is InChI=1S/C19H17BrN2OS2/c1-12-3-5-14(6-4-12)17-10-24-19(22-17)25-11-18(23)21-15-7-8-16(20)13(2)9-15/h3-10H,11H2,1-2H3,(H,21,23). The van der Waals surface area contributed by atoms with Crippen molar-refractivity contribution < 1.29 is 4.79 Å². The van der Waals surface area contributed by atoms with Gasteiger partial charge in [0.05, 0.1) is 11.4 Å². The molecule has 3 aromatic rings. The molecular formula is C19H17BrN2OS2. The number of nitrogens with zero attached hydrogens (tertiary/aromatic N) is 1. The van der Waals surface area contributed by atoms with Crippen LogP contribution in [0.2, 0.25) is 0 Å². The molecule has 0 radical (unpaired) electrons. The van der Waals surface area contributed by atoms with Crippen LogP contribution in [0.4, 0.5) is 5.69 Å². The lowest BCUT2D eigenvalue weighted by Gasteiger charge is -2.06. The summed E-state index contributed by atoms with van der Waals surface area (Å²) in [6, 6.07) is 14.1. The van der Waals surface area contributed by atoms with Gasteiger partial charge in [0.15, 0.2) is 4.34 Å². The van der Waals surface area contributed by atoms with Crippen LogP contribution in [0.15, 0.2) is 56.7 Å². The second kappa shape index (κ2) is 8.17. The van der Waals surface area contributed by atoms with E-state index < -0.39 is 0 Å². The Kier molecular flexibility index (Phi) is 5.93. The average Bonchev–Trinajstić information content (AvgIpc) is 3.06. The molecule has 0 saturated carbocycles. The lowest BCUT2D eigenvalue weighted by atomic mass is 10.1. The van der Waals surface area contributed by atoms with Crippen LogP contribution in [0.3, 0.4) is 0 Å². The number of anilines is 1. The fourth-order valence-electron chi connectivity index (χ4n) is 2.23. The van der Waals surface area contributed by atoms with E-state index in [0.29, 0.717) is 5.75 Å². The number of aryl methyl sites for hydroxylation is 2. The summed E-state index contributed by atoms with van der Waals surface area (Å²) in [5.74, 6) is 0.314. The number of hydrogen-bond acceptors (Lipinski definition) is 4. The van der Waals surface area contributed by atoms with Crippen molar-refractivity contribution in [3.05, 3.63) is 63.4 Å². The van der Waals surface area contributed by atoms with Crippen LogP contribution in [0.5, 0.6) is 0 Å². The summed E-state index contributed by atoms with van der Waals surface area (Å²) < 4.78 is 1.93. The van der Waals surface area contributed by atoms with Crippen molar-refractivity contribution in [2.75, 3.05) is 11.1 Å². The Morgan fingerprint density at radius 3 is 2.68 bits per heavy atom. The van der Waals surface area contributed by atoms with E-state index in [4.69, 9.17) is 0 Å². The molecule has 25 heavy (non-hydrogen) atoms. The van der Waals surface area contributed by atoms with Gasteiger partial charge in [0.25, 0.3) is 0 Å². The van der Waals surface area contributed by atoms with Crippen LogP contribution in [0.25, 0.3) is 11.3 Å². The first-order valence-corrected chi connectivity index (χ1v) is 10.4. The van der Waals surface area contributed by atoms with Gasteiger partial charge >= 0.3 is 0 Å². The molecule has 0 aliphatic carbocycles. The molecule has 0 saturated heterocycles. The first-order chi connectivity index (χ1) is 12.0. The molecule has 0 spiro atoms. The number of hydrogen-bond donors (Lipinski definition) is 1. The number of halogens is 1. The third-order valence-electron chi connectivity index (χ3n) is 3.60. The Bertz CT molecular complexity index is 891. The van der Waals surface area contributed by atoms with Crippen LogP contribution in [-0.2, 0) is 4.79 Å². The predicted molar refractivity (Wildman–Crippen MR) is 111 cm³/mol. The molecule has 0 fully saturated rings. The van der Waals surface area contributed by atoms with Crippen LogP contribution >= 0.6 is 39.0 Å². The van der Waals surface area contributed by atoms with Gasteiger partial charge in [-0.3, -0.25) is 4.79 Å². The molecular weight excluding hydrogens is 416 g/mol. The molecule has 6 heteroatoms. The molecule has 1 amide bonds. The highest BCUT2D eigenvalue weighted by Crippen LogP contribution is 2.28. The molecule has 0 aliphatic rings. The maximum absolute atomic E-state index is 12.1. The van der Waals surface area contributed by atoms with Gasteiger partial charge in [-0.1, -0.05) is 57.5 Å². The second-order valence-corrected chi connectivity index (χ2v) is 8.60. The minimum atomic E-state index is -0.0289. The van der Waals surface area contributed by atoms with Crippen molar-refractivity contribution in [3.63, 3.8) is 0 Å². The number of aromatic nitrogens is 1. The SMILES string of the molecule is Cc1ccc(-c2csc(SCC(=O)Nc3ccc(Br)c(C)c3)n2)cc1. The van der Waals surface area contributed by atoms with Gasteiger partial charge in [0, 0.05) is 21.1 Å². The van der Waals surface area contributed by atoms with Gasteiger partial charge in [0.1, 0.15) is 0 Å². The highest BCUT2D eigenvalue weighted by atomic mass is 79.9. The maximum atomic E-state index is 12.1. The molecule has 0 unspecified atom stereocenters. The Balaban J connectivity index is 1.57. The van der Waals surface area contributed by atoms with Crippen molar-refractivity contribution in [2.24, 2.45) is 0 Å². The number of nitrogens with one attached hydrogen (secondary N) is 1. The molecule has 1 N–H and O–H groups in total. The Labute approximate surface area is 164 Å². The highest BCUT2D eigenvalue weighted by Gasteiger charge is 2.09. The van der Waals surface area contributed by atoms with Gasteiger partial charge < -0.3 is 5.32 Å². The number of amides is 1. The van der Waals surface area contributed by atoms with E-state index in [0.717, 1.165) is 31.3 Å². The zero-order chi connectivity index (χ0) is 17.8. The van der Waals surface area contributed by atoms with Crippen LogP contribution in [0, 0.1) is 13.8 Å². The number of rotatable bonds is 5. The molecule has 3 nitrogen and oxygen atoms in total. The molecule has 2 aromatic carbocycles. The van der Waals surface area contributed by atoms with Crippen molar-refractivity contribution >= 4 is 50.6 Å². The zero-order valence-electron chi connectivity index (χ0n) is 13.9. The zero-order valence-corrected chi connectivity index (χ0v) is 17.1. The third kappa shape index (κ3) is 4.93. The first kappa shape index (κ1) is 18.2. The first-order valence-electron chi connectivity index (χ1n) is 7.72. The minimum absolute atomic E-state index is 0.0289. The van der Waals surface area contributed by atoms with Gasteiger partial charge in [-0.25, -0.2) is 4.98 Å². The largest absolute Gasteiger partial charge is 0.325 e. The molecule has 0 bridgehead atoms. The number of thiazole rings is 1. The quantitative estimate of drug-likeness (QED) is 0.508. The lowest BCUT2D eigenvalue weighted by Crippen LogP contribution is -2.14. The number of thioether (sulfide) groups is 1. The lowest BCUT2D eigenvalue weighted by molar-refractivity contribution is -0.113. The molecule has 1 aromatic heterocycles. The molecule has 128 valence electrons. The second-order valence-electron chi connectivity index (χ2n) is 5.67. The van der Waals surface area contributed by atoms with E-state index in [-0.39, 0.29) is 5.91 Å². The molecule has 1 heterocycles. The van der Waals surface area contributed by atoms with Crippen molar-refractivity contribution in [3.8, 4) is 11.3 Å². The molecule has 0 atom stereocenters. The van der Waals surface area contributed by atoms with Crippen molar-refractivity contribution in [1.82, 2.24) is 4.98 Å². The van der Waals surface area contributed by atoms with E-state index in [2.05, 4.69) is 57.4 Å². The van der Waals surface area contributed by atoms with E-state index in [1.54, 1.807) is 11.3 Å². The maximum Gasteiger partial charge on any atom is 0.234 e. The highest BCUT2D eigenvalue weighted by molar-refractivity contribution is 9.10. The van der Waals surface area contributed by atoms with Gasteiger partial charge in [-0.05, 0) is 37.6 Å². The summed E-state index contributed by atoms with van der Waals surface area (Å²) in [5.41, 5.74) is 5.19. The fourth-order valence-corrected chi connectivity index (χ4v) is 4.11. The van der Waals surface area contributed by atoms with Crippen LogP contribution in [-0.4, -0.2) is 16.6 Å². The van der Waals surface area contributed by atoms with Gasteiger partial charge in [0.2, 0.25) is 5.91 Å². The predicted octanol–water partition coefficient (Wildman–Crippen LogP) is 5.92. The van der Waals surface area contributed by atoms with E-state index in [1.165, 1.54) is 17.3 Å². The summed E-state index contributed by atoms with van der Waals surface area (Å²) in [4.78, 5) is 16.7. The average molecular weight is 433 g/mol. The van der Waals surface area contributed by atoms with Gasteiger partial charge in [-0.15, -0.1) is 11.3 Å². The smallest absolute Gasteiger partial charge is 0.234 e. The van der Waals surface area contributed by atoms with Gasteiger partial charge in [-0.2, -0.15) is 0 Å².